The van der Waals surface area contributed by atoms with E-state index in [9.17, 15) is 4.79 Å². The third-order valence-corrected chi connectivity index (χ3v) is 3.60. The molecule has 0 radical (unpaired) electrons. The molecule has 4 nitrogen and oxygen atoms in total. The Kier molecular flexibility index (Phi) is 3.26. The van der Waals surface area contributed by atoms with E-state index in [2.05, 4.69) is 17.3 Å². The van der Waals surface area contributed by atoms with Gasteiger partial charge < -0.3 is 10.2 Å². The van der Waals surface area contributed by atoms with Crippen LogP contribution in [0.2, 0.25) is 0 Å². The molecule has 2 rings (SSSR count). The number of hydrogen-bond donors (Lipinski definition) is 1. The van der Waals surface area contributed by atoms with Gasteiger partial charge >= 0.3 is 0 Å². The van der Waals surface area contributed by atoms with Crippen molar-refractivity contribution < 1.29 is 4.79 Å². The van der Waals surface area contributed by atoms with Crippen LogP contribution < -0.4 is 5.32 Å². The lowest BCUT2D eigenvalue weighted by Crippen LogP contribution is -2.44. The second-order valence-electron chi connectivity index (χ2n) is 4.80. The van der Waals surface area contributed by atoms with Crippen LogP contribution >= 0.6 is 0 Å². The molecule has 86 valence electrons. The molecule has 2 atom stereocenters. The SMILES string of the molecule is CN1CCC(N(C)CC2CCCN2)C1=O. The zero-order valence-electron chi connectivity index (χ0n) is 9.70. The van der Waals surface area contributed by atoms with E-state index >= 15 is 0 Å². The summed E-state index contributed by atoms with van der Waals surface area (Å²) in [6.07, 6.45) is 3.51. The molecule has 15 heavy (non-hydrogen) atoms. The third kappa shape index (κ3) is 2.32. The molecule has 0 saturated carbocycles. The number of amides is 1. The van der Waals surface area contributed by atoms with Crippen molar-refractivity contribution in [2.24, 2.45) is 0 Å². The van der Waals surface area contributed by atoms with Crippen molar-refractivity contribution in [3.05, 3.63) is 0 Å². The number of likely N-dealkylation sites (N-methyl/N-ethyl adjacent to an activating group) is 2. The molecule has 2 fully saturated rings. The zero-order valence-corrected chi connectivity index (χ0v) is 9.70. The van der Waals surface area contributed by atoms with Crippen molar-refractivity contribution in [3.8, 4) is 0 Å². The van der Waals surface area contributed by atoms with Crippen molar-refractivity contribution >= 4 is 5.91 Å². The number of likely N-dealkylation sites (tertiary alicyclic amines) is 1. The number of carbonyl (C=O) groups is 1. The Labute approximate surface area is 91.6 Å². The van der Waals surface area contributed by atoms with Crippen molar-refractivity contribution in [2.75, 3.05) is 33.7 Å². The highest BCUT2D eigenvalue weighted by molar-refractivity contribution is 5.83. The molecule has 2 heterocycles. The predicted molar refractivity (Wildman–Crippen MR) is 59.7 cm³/mol. The Morgan fingerprint density at radius 2 is 2.33 bits per heavy atom. The fourth-order valence-electron chi connectivity index (χ4n) is 2.60. The molecule has 0 spiro atoms. The highest BCUT2D eigenvalue weighted by atomic mass is 16.2. The van der Waals surface area contributed by atoms with Crippen molar-refractivity contribution in [3.63, 3.8) is 0 Å². The van der Waals surface area contributed by atoms with Crippen LogP contribution in [-0.2, 0) is 4.79 Å². The van der Waals surface area contributed by atoms with Crippen LogP contribution in [0.1, 0.15) is 19.3 Å². The van der Waals surface area contributed by atoms with Crippen LogP contribution in [0, 0.1) is 0 Å². The summed E-state index contributed by atoms with van der Waals surface area (Å²) in [5, 5.41) is 3.47. The molecule has 4 heteroatoms. The van der Waals surface area contributed by atoms with Gasteiger partial charge in [0.05, 0.1) is 6.04 Å². The van der Waals surface area contributed by atoms with Crippen molar-refractivity contribution in [1.29, 1.82) is 0 Å². The van der Waals surface area contributed by atoms with E-state index in [0.717, 1.165) is 26.1 Å². The Bertz CT molecular complexity index is 238. The molecule has 0 bridgehead atoms. The van der Waals surface area contributed by atoms with Gasteiger partial charge in [0, 0.05) is 26.2 Å². The molecular formula is C11H21N3O. The topological polar surface area (TPSA) is 35.6 Å². The maximum Gasteiger partial charge on any atom is 0.239 e. The van der Waals surface area contributed by atoms with Gasteiger partial charge in [-0.05, 0) is 32.9 Å². The van der Waals surface area contributed by atoms with Crippen molar-refractivity contribution in [2.45, 2.75) is 31.3 Å². The largest absolute Gasteiger partial charge is 0.344 e. The van der Waals surface area contributed by atoms with E-state index in [-0.39, 0.29) is 11.9 Å². The first-order chi connectivity index (χ1) is 7.18. The van der Waals surface area contributed by atoms with E-state index in [1.54, 1.807) is 0 Å². The van der Waals surface area contributed by atoms with Crippen LogP contribution in [0.3, 0.4) is 0 Å². The number of hydrogen-bond acceptors (Lipinski definition) is 3. The van der Waals surface area contributed by atoms with Gasteiger partial charge in [0.1, 0.15) is 0 Å². The van der Waals surface area contributed by atoms with Gasteiger partial charge in [-0.25, -0.2) is 0 Å². The number of rotatable bonds is 3. The molecular weight excluding hydrogens is 190 g/mol. The first-order valence-electron chi connectivity index (χ1n) is 5.87. The minimum Gasteiger partial charge on any atom is -0.344 e. The van der Waals surface area contributed by atoms with E-state index in [0.29, 0.717) is 6.04 Å². The van der Waals surface area contributed by atoms with Gasteiger partial charge in [0.15, 0.2) is 0 Å². The van der Waals surface area contributed by atoms with E-state index in [1.807, 2.05) is 11.9 Å². The van der Waals surface area contributed by atoms with Crippen molar-refractivity contribution in [1.82, 2.24) is 15.1 Å². The highest BCUT2D eigenvalue weighted by Gasteiger charge is 2.33. The van der Waals surface area contributed by atoms with Gasteiger partial charge in [-0.3, -0.25) is 9.69 Å². The van der Waals surface area contributed by atoms with Crippen LogP contribution in [0.15, 0.2) is 0 Å². The Morgan fingerprint density at radius 1 is 1.53 bits per heavy atom. The minimum absolute atomic E-state index is 0.123. The third-order valence-electron chi connectivity index (χ3n) is 3.60. The quantitative estimate of drug-likeness (QED) is 0.708. The zero-order chi connectivity index (χ0) is 10.8. The lowest BCUT2D eigenvalue weighted by Gasteiger charge is -2.25. The fraction of sp³-hybridized carbons (Fsp3) is 0.909. The summed E-state index contributed by atoms with van der Waals surface area (Å²) in [5.74, 6) is 0.287. The Balaban J connectivity index is 1.84. The minimum atomic E-state index is 0.123. The first kappa shape index (κ1) is 10.9. The van der Waals surface area contributed by atoms with Gasteiger partial charge in [0.25, 0.3) is 0 Å². The molecule has 1 amide bonds. The van der Waals surface area contributed by atoms with Gasteiger partial charge in [-0.2, -0.15) is 0 Å². The predicted octanol–water partition coefficient (Wildman–Crippen LogP) is -0.0991. The monoisotopic (exact) mass is 211 g/mol. The number of nitrogens with zero attached hydrogens (tertiary/aromatic N) is 2. The van der Waals surface area contributed by atoms with Gasteiger partial charge in [-0.15, -0.1) is 0 Å². The highest BCUT2D eigenvalue weighted by Crippen LogP contribution is 2.16. The summed E-state index contributed by atoms with van der Waals surface area (Å²) < 4.78 is 0. The molecule has 2 saturated heterocycles. The van der Waals surface area contributed by atoms with Crippen LogP contribution in [0.25, 0.3) is 0 Å². The van der Waals surface area contributed by atoms with E-state index in [4.69, 9.17) is 0 Å². The first-order valence-corrected chi connectivity index (χ1v) is 5.87. The number of nitrogens with one attached hydrogen (secondary N) is 1. The maximum absolute atomic E-state index is 11.8. The second kappa shape index (κ2) is 4.49. The summed E-state index contributed by atoms with van der Waals surface area (Å²) in [6.45, 7) is 3.05. The standard InChI is InChI=1S/C11H21N3O/c1-13-7-5-10(11(13)15)14(2)8-9-4-3-6-12-9/h9-10,12H,3-8H2,1-2H3. The maximum atomic E-state index is 11.8. The molecule has 0 aromatic heterocycles. The van der Waals surface area contributed by atoms with Crippen LogP contribution in [-0.4, -0.2) is 61.5 Å². The summed E-state index contributed by atoms with van der Waals surface area (Å²) in [6, 6.07) is 0.714. The lowest BCUT2D eigenvalue weighted by atomic mass is 10.1. The second-order valence-corrected chi connectivity index (χ2v) is 4.80. The van der Waals surface area contributed by atoms with E-state index < -0.39 is 0 Å². The summed E-state index contributed by atoms with van der Waals surface area (Å²) in [7, 11) is 3.96. The summed E-state index contributed by atoms with van der Waals surface area (Å²) >= 11 is 0. The van der Waals surface area contributed by atoms with Gasteiger partial charge in [-0.1, -0.05) is 0 Å². The molecule has 2 aliphatic rings. The summed E-state index contributed by atoms with van der Waals surface area (Å²) in [5.41, 5.74) is 0. The average molecular weight is 211 g/mol. The molecule has 2 aliphatic heterocycles. The molecule has 0 aromatic rings. The smallest absolute Gasteiger partial charge is 0.239 e. The molecule has 0 aromatic carbocycles. The molecule has 0 aliphatic carbocycles. The number of carbonyl (C=O) groups excluding carboxylic acids is 1. The van der Waals surface area contributed by atoms with Crippen LogP contribution in [0.4, 0.5) is 0 Å². The Morgan fingerprint density at radius 3 is 2.87 bits per heavy atom. The normalized spacial score (nSPS) is 31.9. The van der Waals surface area contributed by atoms with E-state index in [1.165, 1.54) is 12.8 Å². The lowest BCUT2D eigenvalue weighted by molar-refractivity contribution is -0.130. The average Bonchev–Trinajstić information content (AvgIpc) is 2.79. The fourth-order valence-corrected chi connectivity index (χ4v) is 2.60. The molecule has 1 N–H and O–H groups in total. The summed E-state index contributed by atoms with van der Waals surface area (Å²) in [4.78, 5) is 15.8. The Hall–Kier alpha value is -0.610. The molecule has 2 unspecified atom stereocenters. The van der Waals surface area contributed by atoms with Gasteiger partial charge in [0.2, 0.25) is 5.91 Å². The van der Waals surface area contributed by atoms with Crippen LogP contribution in [0.5, 0.6) is 0 Å².